The van der Waals surface area contributed by atoms with Gasteiger partial charge in [-0.3, -0.25) is 0 Å². The molecule has 0 saturated heterocycles. The number of aromatic nitrogens is 3. The molecule has 29 rings (SSSR count). The average molecular weight is 1880 g/mol. The Labute approximate surface area is 841 Å². The smallest absolute Gasteiger partial charge is 0.145 e. The van der Waals surface area contributed by atoms with Crippen LogP contribution in [0.2, 0.25) is 0 Å². The number of rotatable bonds is 15. The van der Waals surface area contributed by atoms with Crippen molar-refractivity contribution in [2.24, 2.45) is 0 Å². The van der Waals surface area contributed by atoms with E-state index >= 15 is 0 Å². The van der Waals surface area contributed by atoms with Crippen LogP contribution in [0.3, 0.4) is 0 Å². The van der Waals surface area contributed by atoms with Crippen LogP contribution in [0.4, 0.5) is 51.2 Å². The van der Waals surface area contributed by atoms with Gasteiger partial charge in [0.05, 0.1) is 38.5 Å². The first-order chi connectivity index (χ1) is 71.2. The lowest BCUT2D eigenvalue weighted by molar-refractivity contribution is 0.660. The lowest BCUT2D eigenvalue weighted by Gasteiger charge is -2.28. The monoisotopic (exact) mass is 1880 g/mol. The zero-order valence-electron chi connectivity index (χ0n) is 79.1. The van der Waals surface area contributed by atoms with Gasteiger partial charge in [0.1, 0.15) is 11.2 Å². The lowest BCUT2D eigenvalue weighted by Crippen LogP contribution is -2.16. The van der Waals surface area contributed by atoms with E-state index < -0.39 is 0 Å². The predicted octanol–water partition coefficient (Wildman–Crippen LogP) is 38.7. The van der Waals surface area contributed by atoms with Crippen molar-refractivity contribution < 1.29 is 4.42 Å². The first-order valence-corrected chi connectivity index (χ1v) is 50.9. The third-order valence-corrected chi connectivity index (χ3v) is 31.6. The van der Waals surface area contributed by atoms with Gasteiger partial charge < -0.3 is 32.8 Å². The predicted molar refractivity (Wildman–Crippen MR) is 613 cm³/mol. The Morgan fingerprint density at radius 1 is 0.201 bits per heavy atom. The van der Waals surface area contributed by atoms with Crippen LogP contribution in [-0.2, 0) is 5.41 Å². The summed E-state index contributed by atoms with van der Waals surface area (Å²) >= 11 is 3.80. The van der Waals surface area contributed by atoms with E-state index in [4.69, 9.17) is 4.42 Å². The van der Waals surface area contributed by atoms with Crippen LogP contribution in [0.5, 0.6) is 0 Å². The van der Waals surface area contributed by atoms with Crippen molar-refractivity contribution in [1.29, 1.82) is 0 Å². The summed E-state index contributed by atoms with van der Waals surface area (Å²) in [5.74, 6) is 0. The molecule has 0 N–H and O–H groups in total. The van der Waals surface area contributed by atoms with Crippen molar-refractivity contribution in [3.05, 3.63) is 533 Å². The maximum atomic E-state index is 6.49. The van der Waals surface area contributed by atoms with E-state index in [0.29, 0.717) is 0 Å². The number of para-hydroxylation sites is 7. The topological polar surface area (TPSA) is 37.6 Å². The molecule has 144 heavy (non-hydrogen) atoms. The molecule has 0 fully saturated rings. The van der Waals surface area contributed by atoms with Crippen molar-refractivity contribution in [2.75, 3.05) is 14.7 Å². The van der Waals surface area contributed by atoms with Gasteiger partial charge >= 0.3 is 0 Å². The standard InChI is InChI=1S/C48H32N2O.C45H32N2S.C42H28N2S/c1-3-11-33(12-4-1)34-19-25-38(26-20-34)49(37-13-5-2-6-14-37)39-27-21-35(22-28-39)36-23-29-40(30-24-36)50-44-17-9-7-16-43(44)47-45(50)32-31-42-41-15-8-10-18-46(41)51-48(42)47;1-45(2)38-17-9-6-14-33(38)34-25-24-32(28-39(34)45)46(29-12-4-3-5-13-29)30-20-22-31(23-21-30)47-40-18-10-7-16-37(40)43-41(47)27-26-36-35-15-8-11-19-42(35)48-44(36)43;1-3-11-29(12-4-1)30-19-21-32(22-20-30)43(31-13-5-2-6-14-31)33-23-25-34(26-24-33)44-38-17-9-7-16-37(38)41-39(44)28-27-36-35-15-8-10-18-40(35)45-42(36)41/h1-32H;3-28H,1-2H3;1-28H. The fourth-order valence-corrected chi connectivity index (χ4v) is 24.9. The second-order valence-corrected chi connectivity index (χ2v) is 39.8. The van der Waals surface area contributed by atoms with Gasteiger partial charge in [0, 0.05) is 152 Å². The van der Waals surface area contributed by atoms with Crippen molar-refractivity contribution in [1.82, 2.24) is 13.7 Å². The molecule has 0 saturated carbocycles. The fourth-order valence-electron chi connectivity index (χ4n) is 22.4. The molecular weight excluding hydrogens is 1790 g/mol. The van der Waals surface area contributed by atoms with Crippen molar-refractivity contribution in [3.8, 4) is 61.6 Å². The van der Waals surface area contributed by atoms with E-state index in [1.165, 1.54) is 145 Å². The number of hydrogen-bond acceptors (Lipinski definition) is 6. The van der Waals surface area contributed by atoms with E-state index in [9.17, 15) is 0 Å². The summed E-state index contributed by atoms with van der Waals surface area (Å²) < 4.78 is 19.1. The molecule has 0 amide bonds. The van der Waals surface area contributed by atoms with Gasteiger partial charge in [0.2, 0.25) is 0 Å². The normalized spacial score (nSPS) is 12.2. The molecule has 9 heteroatoms. The summed E-state index contributed by atoms with van der Waals surface area (Å²) in [5, 5.41) is 15.2. The Morgan fingerprint density at radius 3 is 0.924 bits per heavy atom. The molecule has 0 aliphatic heterocycles. The van der Waals surface area contributed by atoms with Crippen LogP contribution in [0.1, 0.15) is 25.0 Å². The highest BCUT2D eigenvalue weighted by molar-refractivity contribution is 7.27. The number of benzene rings is 22. The number of hydrogen-bond donors (Lipinski definition) is 0. The molecule has 7 nitrogen and oxygen atoms in total. The first-order valence-electron chi connectivity index (χ1n) is 49.2. The Morgan fingerprint density at radius 2 is 0.493 bits per heavy atom. The Kier molecular flexibility index (Phi) is 20.9. The number of nitrogens with zero attached hydrogens (tertiary/aromatic N) is 6. The maximum Gasteiger partial charge on any atom is 0.145 e. The molecule has 0 unspecified atom stereocenters. The molecule has 28 aromatic rings. The highest BCUT2D eigenvalue weighted by atomic mass is 32.1. The highest BCUT2D eigenvalue weighted by Crippen LogP contribution is 2.53. The molecule has 0 spiro atoms. The number of fused-ring (bicyclic) bond motifs is 24. The lowest BCUT2D eigenvalue weighted by atomic mass is 9.82. The minimum absolute atomic E-state index is 0.0650. The Bertz CT molecular complexity index is 9750. The zero-order chi connectivity index (χ0) is 95.5. The van der Waals surface area contributed by atoms with Gasteiger partial charge in [0.15, 0.2) is 0 Å². The van der Waals surface area contributed by atoms with Gasteiger partial charge in [-0.15, -0.1) is 22.7 Å². The summed E-state index contributed by atoms with van der Waals surface area (Å²) in [6.07, 6.45) is 0. The molecule has 0 atom stereocenters. The molecule has 0 bridgehead atoms. The fraction of sp³-hybridized carbons (Fsp3) is 0.0222. The van der Waals surface area contributed by atoms with Gasteiger partial charge in [-0.1, -0.05) is 329 Å². The molecular formula is C135H92N6OS2. The second-order valence-electron chi connectivity index (χ2n) is 37.7. The Hall–Kier alpha value is -18.1. The van der Waals surface area contributed by atoms with Gasteiger partial charge in [-0.2, -0.15) is 0 Å². The molecule has 1 aliphatic rings. The largest absolute Gasteiger partial charge is 0.455 e. The van der Waals surface area contributed by atoms with Crippen molar-refractivity contribution >= 4 is 202 Å². The summed E-state index contributed by atoms with van der Waals surface area (Å²) in [7, 11) is 0. The molecule has 680 valence electrons. The number of anilines is 9. The molecule has 6 heterocycles. The van der Waals surface area contributed by atoms with Gasteiger partial charge in [-0.05, 0) is 262 Å². The molecule has 22 aromatic carbocycles. The quantitative estimate of drug-likeness (QED) is 0.103. The van der Waals surface area contributed by atoms with Crippen molar-refractivity contribution in [3.63, 3.8) is 0 Å². The van der Waals surface area contributed by atoms with E-state index in [2.05, 4.69) is 552 Å². The zero-order valence-corrected chi connectivity index (χ0v) is 80.7. The van der Waals surface area contributed by atoms with Crippen LogP contribution in [-0.4, -0.2) is 13.7 Å². The second kappa shape index (κ2) is 35.3. The van der Waals surface area contributed by atoms with Gasteiger partial charge in [0.25, 0.3) is 0 Å². The minimum atomic E-state index is -0.0650. The van der Waals surface area contributed by atoms with Crippen LogP contribution >= 0.6 is 22.7 Å². The van der Waals surface area contributed by atoms with Crippen LogP contribution in [0, 0.1) is 0 Å². The van der Waals surface area contributed by atoms with Crippen LogP contribution < -0.4 is 14.7 Å². The summed E-state index contributed by atoms with van der Waals surface area (Å²) in [5.41, 5.74) is 35.2. The van der Waals surface area contributed by atoms with E-state index in [1.54, 1.807) is 0 Å². The van der Waals surface area contributed by atoms with E-state index in [1.807, 2.05) is 34.8 Å². The number of furan rings is 1. The van der Waals surface area contributed by atoms with Crippen LogP contribution in [0.15, 0.2) is 526 Å². The van der Waals surface area contributed by atoms with E-state index in [-0.39, 0.29) is 5.41 Å². The summed E-state index contributed by atoms with van der Waals surface area (Å²) in [6.45, 7) is 4.70. The first kappa shape index (κ1) is 85.1. The average Bonchev–Trinajstić information content (AvgIpc) is 1.60. The maximum absolute atomic E-state index is 6.49. The van der Waals surface area contributed by atoms with E-state index in [0.717, 1.165) is 107 Å². The Balaban J connectivity index is 0.000000108. The SMILES string of the molecule is CC1(C)c2ccccc2-c2ccc(N(c3ccccc3)c3ccc(-n4c5ccccc5c5c6sc7ccccc7c6ccc54)cc3)cc21.c1ccc(-c2ccc(N(c3ccccc3)c3ccc(-c4ccc(-n5c6ccccc6c6c7oc8ccccc8c7ccc65)cc4)cc3)cc2)cc1.c1ccc(-c2ccc(N(c3ccccc3)c3ccc(-n4c5ccccc5c5c6sc7ccccc7c6ccc54)cc3)cc2)cc1. The molecule has 6 aromatic heterocycles. The summed E-state index contributed by atoms with van der Waals surface area (Å²) in [6, 6.07) is 188. The third kappa shape index (κ3) is 14.5. The van der Waals surface area contributed by atoms with Crippen LogP contribution in [0.25, 0.3) is 189 Å². The van der Waals surface area contributed by atoms with Crippen molar-refractivity contribution in [2.45, 2.75) is 19.3 Å². The summed E-state index contributed by atoms with van der Waals surface area (Å²) in [4.78, 5) is 7.02. The highest BCUT2D eigenvalue weighted by Gasteiger charge is 2.36. The third-order valence-electron chi connectivity index (χ3n) is 29.2. The minimum Gasteiger partial charge on any atom is -0.455 e. The number of thiophene rings is 2. The van der Waals surface area contributed by atoms with Gasteiger partial charge in [-0.25, -0.2) is 0 Å². The molecule has 1 aliphatic carbocycles. The molecule has 0 radical (unpaired) electrons.